The molecule has 0 saturated carbocycles. The fourth-order valence-corrected chi connectivity index (χ4v) is 3.80. The molecule has 0 unspecified atom stereocenters. The van der Waals surface area contributed by atoms with Gasteiger partial charge < -0.3 is 11.1 Å². The predicted molar refractivity (Wildman–Crippen MR) is 140 cm³/mol. The van der Waals surface area contributed by atoms with Crippen molar-refractivity contribution in [3.63, 3.8) is 0 Å². The third kappa shape index (κ3) is 4.93. The molecule has 0 spiro atoms. The summed E-state index contributed by atoms with van der Waals surface area (Å²) >= 11 is 0. The number of nitrogens with two attached hydrogens (primary N) is 1. The van der Waals surface area contributed by atoms with Crippen LogP contribution in [-0.2, 0) is 6.54 Å². The first-order valence-electron chi connectivity index (χ1n) is 11.7. The summed E-state index contributed by atoms with van der Waals surface area (Å²) in [6, 6.07) is 18.9. The summed E-state index contributed by atoms with van der Waals surface area (Å²) in [5.41, 5.74) is 11.4. The zero-order valence-corrected chi connectivity index (χ0v) is 20.4. The van der Waals surface area contributed by atoms with E-state index in [1.165, 1.54) is 18.2 Å². The normalized spacial score (nSPS) is 10.6. The number of nitrogens with one attached hydrogen (secondary N) is 1. The van der Waals surface area contributed by atoms with Crippen molar-refractivity contribution < 1.29 is 9.18 Å². The van der Waals surface area contributed by atoms with Crippen molar-refractivity contribution in [2.75, 3.05) is 5.73 Å². The van der Waals surface area contributed by atoms with E-state index in [4.69, 9.17) is 10.7 Å². The molecule has 0 bridgehead atoms. The van der Waals surface area contributed by atoms with E-state index in [-0.39, 0.29) is 11.5 Å². The minimum absolute atomic E-state index is 0.279. The average Bonchev–Trinajstić information content (AvgIpc) is 3.30. The van der Waals surface area contributed by atoms with Gasteiger partial charge in [-0.05, 0) is 66.6 Å². The zero-order chi connectivity index (χ0) is 25.7. The molecule has 0 saturated heterocycles. The predicted octanol–water partition coefficient (Wildman–Crippen LogP) is 5.47. The summed E-state index contributed by atoms with van der Waals surface area (Å²) in [7, 11) is 0. The lowest BCUT2D eigenvalue weighted by atomic mass is 10.1. The SMILES string of the molecule is CC.Cc1ccnc2c1nc(-c1cccnc1N)n2-c1ccc(CNC(=O)c2cccc(F)c2)cc1. The lowest BCUT2D eigenvalue weighted by Crippen LogP contribution is -2.22. The van der Waals surface area contributed by atoms with Crippen LogP contribution in [0.5, 0.6) is 0 Å². The minimum Gasteiger partial charge on any atom is -0.383 e. The van der Waals surface area contributed by atoms with Crippen LogP contribution in [0.3, 0.4) is 0 Å². The molecule has 0 aliphatic heterocycles. The number of nitrogens with zero attached hydrogens (tertiary/aromatic N) is 4. The maximum Gasteiger partial charge on any atom is 0.251 e. The van der Waals surface area contributed by atoms with Gasteiger partial charge in [-0.3, -0.25) is 9.36 Å². The number of aryl methyl sites for hydroxylation is 1. The largest absolute Gasteiger partial charge is 0.383 e. The molecule has 7 nitrogen and oxygen atoms in total. The van der Waals surface area contributed by atoms with Crippen LogP contribution in [0, 0.1) is 12.7 Å². The van der Waals surface area contributed by atoms with Crippen LogP contribution in [0.4, 0.5) is 10.2 Å². The van der Waals surface area contributed by atoms with Gasteiger partial charge >= 0.3 is 0 Å². The van der Waals surface area contributed by atoms with E-state index in [1.807, 2.05) is 67.8 Å². The molecule has 3 aromatic heterocycles. The number of hydrogen-bond donors (Lipinski definition) is 2. The summed E-state index contributed by atoms with van der Waals surface area (Å²) in [6.45, 7) is 6.29. The molecule has 182 valence electrons. The molecule has 0 fully saturated rings. The molecule has 8 heteroatoms. The molecule has 0 aliphatic carbocycles. The van der Waals surface area contributed by atoms with Gasteiger partial charge in [-0.25, -0.2) is 19.3 Å². The Bertz CT molecular complexity index is 1510. The first-order chi connectivity index (χ1) is 17.5. The van der Waals surface area contributed by atoms with Crippen LogP contribution in [-0.4, -0.2) is 25.4 Å². The fraction of sp³-hybridized carbons (Fsp3) is 0.143. The second-order valence-corrected chi connectivity index (χ2v) is 7.87. The van der Waals surface area contributed by atoms with Crippen LogP contribution in [0.2, 0.25) is 0 Å². The van der Waals surface area contributed by atoms with Crippen molar-refractivity contribution in [2.24, 2.45) is 0 Å². The van der Waals surface area contributed by atoms with Gasteiger partial charge in [0, 0.05) is 30.2 Å². The highest BCUT2D eigenvalue weighted by Gasteiger charge is 2.18. The Labute approximate surface area is 208 Å². The van der Waals surface area contributed by atoms with Gasteiger partial charge in [0.2, 0.25) is 0 Å². The molecule has 1 amide bonds. The molecular formula is C28H27FN6O. The Balaban J connectivity index is 0.00000148. The van der Waals surface area contributed by atoms with Crippen LogP contribution < -0.4 is 11.1 Å². The van der Waals surface area contributed by atoms with Gasteiger partial charge in [-0.2, -0.15) is 0 Å². The second kappa shape index (κ2) is 10.8. The number of halogens is 1. The Morgan fingerprint density at radius 2 is 1.78 bits per heavy atom. The molecule has 0 aliphatic rings. The molecule has 3 heterocycles. The van der Waals surface area contributed by atoms with Crippen molar-refractivity contribution in [2.45, 2.75) is 27.3 Å². The zero-order valence-electron chi connectivity index (χ0n) is 20.4. The summed E-state index contributed by atoms with van der Waals surface area (Å²) in [4.78, 5) is 25.9. The lowest BCUT2D eigenvalue weighted by molar-refractivity contribution is 0.0950. The van der Waals surface area contributed by atoms with Gasteiger partial charge in [0.05, 0.1) is 5.56 Å². The maximum absolute atomic E-state index is 13.4. The number of nitrogen functional groups attached to an aromatic ring is 1. The van der Waals surface area contributed by atoms with E-state index in [2.05, 4.69) is 15.3 Å². The third-order valence-electron chi connectivity index (χ3n) is 5.56. The van der Waals surface area contributed by atoms with E-state index in [0.29, 0.717) is 29.4 Å². The Morgan fingerprint density at radius 3 is 2.50 bits per heavy atom. The van der Waals surface area contributed by atoms with Crippen molar-refractivity contribution in [3.05, 3.63) is 102 Å². The van der Waals surface area contributed by atoms with Gasteiger partial charge in [0.1, 0.15) is 17.2 Å². The van der Waals surface area contributed by atoms with Crippen LogP contribution >= 0.6 is 0 Å². The lowest BCUT2D eigenvalue weighted by Gasteiger charge is -2.11. The average molecular weight is 483 g/mol. The highest BCUT2D eigenvalue weighted by Crippen LogP contribution is 2.31. The summed E-state index contributed by atoms with van der Waals surface area (Å²) < 4.78 is 15.3. The number of imidazole rings is 1. The van der Waals surface area contributed by atoms with Crippen molar-refractivity contribution >= 4 is 22.9 Å². The van der Waals surface area contributed by atoms with E-state index in [9.17, 15) is 9.18 Å². The molecule has 36 heavy (non-hydrogen) atoms. The van der Waals surface area contributed by atoms with Crippen molar-refractivity contribution in [3.8, 4) is 17.1 Å². The second-order valence-electron chi connectivity index (χ2n) is 7.87. The Hall–Kier alpha value is -4.59. The van der Waals surface area contributed by atoms with E-state index < -0.39 is 5.82 Å². The number of hydrogen-bond acceptors (Lipinski definition) is 5. The standard InChI is InChI=1S/C26H21FN6O.C2H6/c1-16-11-13-30-25-22(16)32-24(21-6-3-12-29-23(21)28)33(25)20-9-7-17(8-10-20)15-31-26(34)18-4-2-5-19(27)14-18;1-2/h2-14H,15H2,1H3,(H2,28,29)(H,31,34);1-2H3. The Kier molecular flexibility index (Phi) is 7.34. The number of amides is 1. The number of carbonyl (C=O) groups is 1. The van der Waals surface area contributed by atoms with Gasteiger partial charge in [0.25, 0.3) is 5.91 Å². The fourth-order valence-electron chi connectivity index (χ4n) is 3.80. The summed E-state index contributed by atoms with van der Waals surface area (Å²) in [5, 5.41) is 2.82. The number of benzene rings is 2. The molecular weight excluding hydrogens is 455 g/mol. The number of fused-ring (bicyclic) bond motifs is 1. The van der Waals surface area contributed by atoms with Crippen molar-refractivity contribution in [1.29, 1.82) is 0 Å². The molecule has 0 atom stereocenters. The number of aromatic nitrogens is 4. The van der Waals surface area contributed by atoms with Gasteiger partial charge in [-0.15, -0.1) is 0 Å². The van der Waals surface area contributed by atoms with E-state index >= 15 is 0 Å². The quantitative estimate of drug-likeness (QED) is 0.346. The summed E-state index contributed by atoms with van der Waals surface area (Å²) in [6.07, 6.45) is 3.39. The maximum atomic E-state index is 13.4. The Morgan fingerprint density at radius 1 is 1.00 bits per heavy atom. The van der Waals surface area contributed by atoms with E-state index in [1.54, 1.807) is 18.5 Å². The smallest absolute Gasteiger partial charge is 0.251 e. The number of anilines is 1. The van der Waals surface area contributed by atoms with Crippen LogP contribution in [0.1, 0.15) is 35.3 Å². The third-order valence-corrected chi connectivity index (χ3v) is 5.56. The number of rotatable bonds is 5. The highest BCUT2D eigenvalue weighted by molar-refractivity contribution is 5.94. The first-order valence-corrected chi connectivity index (χ1v) is 11.7. The summed E-state index contributed by atoms with van der Waals surface area (Å²) in [5.74, 6) is 0.250. The van der Waals surface area contributed by atoms with Crippen LogP contribution in [0.15, 0.2) is 79.1 Å². The molecule has 5 aromatic rings. The molecule has 2 aromatic carbocycles. The monoisotopic (exact) mass is 482 g/mol. The van der Waals surface area contributed by atoms with E-state index in [0.717, 1.165) is 22.3 Å². The molecule has 0 radical (unpaired) electrons. The van der Waals surface area contributed by atoms with Gasteiger partial charge in [-0.1, -0.05) is 32.0 Å². The number of carbonyl (C=O) groups excluding carboxylic acids is 1. The number of pyridine rings is 2. The highest BCUT2D eigenvalue weighted by atomic mass is 19.1. The van der Waals surface area contributed by atoms with Crippen LogP contribution in [0.25, 0.3) is 28.2 Å². The molecule has 5 rings (SSSR count). The van der Waals surface area contributed by atoms with Gasteiger partial charge in [0.15, 0.2) is 11.5 Å². The van der Waals surface area contributed by atoms with Crippen molar-refractivity contribution in [1.82, 2.24) is 24.8 Å². The topological polar surface area (TPSA) is 98.7 Å². The first kappa shape index (κ1) is 24.5. The minimum atomic E-state index is -0.446. The molecule has 3 N–H and O–H groups in total.